The summed E-state index contributed by atoms with van der Waals surface area (Å²) in [6.07, 6.45) is 10.8. The quantitative estimate of drug-likeness (QED) is 0.305. The van der Waals surface area contributed by atoms with Crippen molar-refractivity contribution in [1.29, 1.82) is 0 Å². The van der Waals surface area contributed by atoms with E-state index in [1.807, 2.05) is 12.2 Å². The van der Waals surface area contributed by atoms with Gasteiger partial charge in [0.2, 0.25) is 0 Å². The summed E-state index contributed by atoms with van der Waals surface area (Å²) in [7, 11) is 1.38. The van der Waals surface area contributed by atoms with E-state index in [2.05, 4.69) is 11.7 Å². The summed E-state index contributed by atoms with van der Waals surface area (Å²) in [5, 5.41) is 10.2. The summed E-state index contributed by atoms with van der Waals surface area (Å²) in [5.41, 5.74) is 0. The van der Waals surface area contributed by atoms with Gasteiger partial charge in [0, 0.05) is 31.6 Å². The van der Waals surface area contributed by atoms with Gasteiger partial charge in [0.1, 0.15) is 11.6 Å². The number of rotatable bonds is 13. The minimum Gasteiger partial charge on any atom is -0.469 e. The Balaban J connectivity index is 2.38. The molecule has 0 radical (unpaired) electrons. The van der Waals surface area contributed by atoms with Gasteiger partial charge in [-0.05, 0) is 38.0 Å². The van der Waals surface area contributed by atoms with Crippen LogP contribution in [0.2, 0.25) is 0 Å². The number of unbranched alkanes of at least 4 members (excludes halogenated alkanes) is 3. The van der Waals surface area contributed by atoms with E-state index < -0.39 is 6.10 Å². The number of allylic oxidation sites excluding steroid dienone is 2. The molecule has 1 fully saturated rings. The maximum atomic E-state index is 12.2. The molecular formula is C21H34O5. The van der Waals surface area contributed by atoms with Gasteiger partial charge in [-0.2, -0.15) is 0 Å². The standard InChI is InChI=1S/C21H34O5/c1-3-4-7-10-16(22)13-14-18-17(19(23)15-20(18)24)11-8-5-6-9-12-21(25)26-2/h5,8,17-18,20,24H,3-4,6-7,9-15H2,1-2H3/b8-5-/t17-,18-,20-/m1/s1. The van der Waals surface area contributed by atoms with Crippen LogP contribution in [0.4, 0.5) is 0 Å². The maximum Gasteiger partial charge on any atom is 0.305 e. The lowest BCUT2D eigenvalue weighted by atomic mass is 9.86. The van der Waals surface area contributed by atoms with Gasteiger partial charge in [-0.1, -0.05) is 31.9 Å². The van der Waals surface area contributed by atoms with Gasteiger partial charge in [-0.25, -0.2) is 0 Å². The fraction of sp³-hybridized carbons (Fsp3) is 0.762. The number of methoxy groups -OCH3 is 1. The smallest absolute Gasteiger partial charge is 0.305 e. The van der Waals surface area contributed by atoms with Gasteiger partial charge >= 0.3 is 5.97 Å². The molecule has 0 unspecified atom stereocenters. The number of ether oxygens (including phenoxy) is 1. The summed E-state index contributed by atoms with van der Waals surface area (Å²) in [6, 6.07) is 0. The molecule has 148 valence electrons. The van der Waals surface area contributed by atoms with Crippen LogP contribution in [0.3, 0.4) is 0 Å². The zero-order valence-electron chi connectivity index (χ0n) is 16.2. The highest BCUT2D eigenvalue weighted by molar-refractivity contribution is 5.84. The molecule has 0 aromatic rings. The Morgan fingerprint density at radius 3 is 2.62 bits per heavy atom. The van der Waals surface area contributed by atoms with Crippen LogP contribution >= 0.6 is 0 Å². The Kier molecular flexibility index (Phi) is 11.1. The number of aliphatic hydroxyl groups is 1. The molecule has 0 aromatic heterocycles. The average Bonchev–Trinajstić information content (AvgIpc) is 2.89. The Hall–Kier alpha value is -1.49. The van der Waals surface area contributed by atoms with Crippen molar-refractivity contribution in [3.63, 3.8) is 0 Å². The van der Waals surface area contributed by atoms with Crippen LogP contribution in [-0.2, 0) is 19.1 Å². The first kappa shape index (κ1) is 22.6. The molecule has 1 aliphatic carbocycles. The number of aliphatic hydroxyl groups excluding tert-OH is 1. The lowest BCUT2D eigenvalue weighted by molar-refractivity contribution is -0.140. The van der Waals surface area contributed by atoms with Crippen molar-refractivity contribution in [3.05, 3.63) is 12.2 Å². The highest BCUT2D eigenvalue weighted by Crippen LogP contribution is 2.35. The normalized spacial score (nSPS) is 22.9. The molecule has 1 rings (SSSR count). The van der Waals surface area contributed by atoms with Crippen molar-refractivity contribution in [3.8, 4) is 0 Å². The van der Waals surface area contributed by atoms with E-state index in [4.69, 9.17) is 0 Å². The second-order valence-corrected chi connectivity index (χ2v) is 7.22. The first-order valence-corrected chi connectivity index (χ1v) is 9.93. The summed E-state index contributed by atoms with van der Waals surface area (Å²) in [5.74, 6) is -0.180. The van der Waals surface area contributed by atoms with Gasteiger partial charge in [-0.15, -0.1) is 0 Å². The summed E-state index contributed by atoms with van der Waals surface area (Å²) in [6.45, 7) is 2.11. The second-order valence-electron chi connectivity index (χ2n) is 7.22. The molecule has 26 heavy (non-hydrogen) atoms. The maximum absolute atomic E-state index is 12.2. The van der Waals surface area contributed by atoms with Gasteiger partial charge < -0.3 is 9.84 Å². The predicted octanol–water partition coefficient (Wildman–Crippen LogP) is 3.77. The summed E-state index contributed by atoms with van der Waals surface area (Å²) < 4.78 is 4.59. The predicted molar refractivity (Wildman–Crippen MR) is 101 cm³/mol. The molecule has 1 saturated carbocycles. The van der Waals surface area contributed by atoms with E-state index >= 15 is 0 Å². The molecule has 0 saturated heterocycles. The van der Waals surface area contributed by atoms with Crippen LogP contribution in [0.1, 0.15) is 77.6 Å². The second kappa shape index (κ2) is 12.8. The number of carbonyl (C=O) groups excluding carboxylic acids is 3. The molecule has 5 nitrogen and oxygen atoms in total. The van der Waals surface area contributed by atoms with Gasteiger partial charge in [0.05, 0.1) is 13.2 Å². The van der Waals surface area contributed by atoms with Crippen molar-refractivity contribution in [2.45, 2.75) is 83.7 Å². The van der Waals surface area contributed by atoms with Crippen molar-refractivity contribution in [2.75, 3.05) is 7.11 Å². The van der Waals surface area contributed by atoms with Crippen LogP contribution in [0, 0.1) is 11.8 Å². The molecule has 0 aliphatic heterocycles. The van der Waals surface area contributed by atoms with E-state index in [0.29, 0.717) is 32.1 Å². The molecule has 0 amide bonds. The fourth-order valence-corrected chi connectivity index (χ4v) is 3.57. The Bertz CT molecular complexity index is 483. The van der Waals surface area contributed by atoms with Crippen LogP contribution in [0.25, 0.3) is 0 Å². The van der Waals surface area contributed by atoms with Crippen molar-refractivity contribution in [2.24, 2.45) is 11.8 Å². The Labute approximate surface area is 157 Å². The molecule has 0 heterocycles. The van der Waals surface area contributed by atoms with E-state index in [0.717, 1.165) is 32.1 Å². The Morgan fingerprint density at radius 2 is 1.92 bits per heavy atom. The highest BCUT2D eigenvalue weighted by atomic mass is 16.5. The number of esters is 1. The third-order valence-electron chi connectivity index (χ3n) is 5.19. The molecule has 0 aromatic carbocycles. The number of hydrogen-bond acceptors (Lipinski definition) is 5. The van der Waals surface area contributed by atoms with Gasteiger partial charge in [-0.3, -0.25) is 14.4 Å². The number of Topliss-reactive ketones (excluding diaryl/α,β-unsaturated/α-hetero) is 2. The molecule has 1 N–H and O–H groups in total. The largest absolute Gasteiger partial charge is 0.469 e. The zero-order chi connectivity index (χ0) is 19.4. The van der Waals surface area contributed by atoms with Crippen molar-refractivity contribution in [1.82, 2.24) is 0 Å². The molecule has 3 atom stereocenters. The van der Waals surface area contributed by atoms with Crippen molar-refractivity contribution < 1.29 is 24.2 Å². The van der Waals surface area contributed by atoms with Gasteiger partial charge in [0.15, 0.2) is 0 Å². The molecule has 0 spiro atoms. The molecule has 1 aliphatic rings. The SMILES string of the molecule is CCCCCC(=O)CC[C@H]1[C@H](O)CC(=O)[C@@H]1C/C=C\CCCC(=O)OC. The van der Waals surface area contributed by atoms with Crippen LogP contribution in [0.5, 0.6) is 0 Å². The zero-order valence-corrected chi connectivity index (χ0v) is 16.2. The van der Waals surface area contributed by atoms with Crippen LogP contribution < -0.4 is 0 Å². The Morgan fingerprint density at radius 1 is 1.15 bits per heavy atom. The minimum absolute atomic E-state index is 0.0974. The van der Waals surface area contributed by atoms with E-state index in [9.17, 15) is 19.5 Å². The average molecular weight is 366 g/mol. The van der Waals surface area contributed by atoms with E-state index in [-0.39, 0.29) is 35.8 Å². The summed E-state index contributed by atoms with van der Waals surface area (Å²) >= 11 is 0. The molecule has 5 heteroatoms. The molecule has 0 bridgehead atoms. The number of hydrogen-bond donors (Lipinski definition) is 1. The minimum atomic E-state index is -0.622. The lowest BCUT2D eigenvalue weighted by Gasteiger charge is -2.19. The highest BCUT2D eigenvalue weighted by Gasteiger charge is 2.40. The van der Waals surface area contributed by atoms with Crippen LogP contribution in [0.15, 0.2) is 12.2 Å². The first-order valence-electron chi connectivity index (χ1n) is 9.93. The molecular weight excluding hydrogens is 332 g/mol. The van der Waals surface area contributed by atoms with E-state index in [1.54, 1.807) is 0 Å². The number of ketones is 2. The van der Waals surface area contributed by atoms with E-state index in [1.165, 1.54) is 7.11 Å². The number of carbonyl (C=O) groups is 3. The topological polar surface area (TPSA) is 80.7 Å². The van der Waals surface area contributed by atoms with Crippen LogP contribution in [-0.4, -0.2) is 35.9 Å². The third-order valence-corrected chi connectivity index (χ3v) is 5.19. The third kappa shape index (κ3) is 8.26. The fourth-order valence-electron chi connectivity index (χ4n) is 3.57. The van der Waals surface area contributed by atoms with Gasteiger partial charge in [0.25, 0.3) is 0 Å². The first-order chi connectivity index (χ1) is 12.5. The summed E-state index contributed by atoms with van der Waals surface area (Å²) in [4.78, 5) is 35.2. The van der Waals surface area contributed by atoms with Crippen molar-refractivity contribution >= 4 is 17.5 Å². The monoisotopic (exact) mass is 366 g/mol. The lowest BCUT2D eigenvalue weighted by Crippen LogP contribution is -2.21.